The minimum atomic E-state index is -0.453. The molecular weight excluding hydrogens is 310 g/mol. The van der Waals surface area contributed by atoms with Crippen molar-refractivity contribution in [1.29, 1.82) is 0 Å². The quantitative estimate of drug-likeness (QED) is 0.634. The second-order valence-corrected chi connectivity index (χ2v) is 5.14. The number of hydrogen-bond donors (Lipinski definition) is 0. The summed E-state index contributed by atoms with van der Waals surface area (Å²) < 4.78 is 16.4. The predicted octanol–water partition coefficient (Wildman–Crippen LogP) is 3.69. The van der Waals surface area contributed by atoms with Crippen molar-refractivity contribution in [2.24, 2.45) is 0 Å². The van der Waals surface area contributed by atoms with E-state index in [1.54, 1.807) is 24.3 Å². The van der Waals surface area contributed by atoms with Gasteiger partial charge in [0, 0.05) is 28.3 Å². The molecule has 1 aliphatic heterocycles. The highest BCUT2D eigenvalue weighted by Crippen LogP contribution is 2.32. The summed E-state index contributed by atoms with van der Waals surface area (Å²) in [5.74, 6) is 1.25. The molecule has 0 bridgehead atoms. The van der Waals surface area contributed by atoms with E-state index >= 15 is 0 Å². The van der Waals surface area contributed by atoms with E-state index in [1.165, 1.54) is 12.1 Å². The lowest BCUT2D eigenvalue weighted by atomic mass is 10.1. The van der Waals surface area contributed by atoms with Gasteiger partial charge in [0.05, 0.1) is 11.5 Å². The van der Waals surface area contributed by atoms with Crippen LogP contribution >= 0.6 is 11.6 Å². The Morgan fingerprint density at radius 2 is 2.05 bits per heavy atom. The van der Waals surface area contributed by atoms with Gasteiger partial charge in [0.25, 0.3) is 5.69 Å². The van der Waals surface area contributed by atoms with Gasteiger partial charge in [-0.15, -0.1) is 0 Å². The molecule has 0 fully saturated rings. The van der Waals surface area contributed by atoms with Crippen LogP contribution in [0.2, 0.25) is 5.02 Å². The van der Waals surface area contributed by atoms with Crippen LogP contribution in [0.15, 0.2) is 36.4 Å². The zero-order valence-electron chi connectivity index (χ0n) is 11.5. The Bertz CT molecular complexity index is 702. The molecule has 0 radical (unpaired) electrons. The van der Waals surface area contributed by atoms with E-state index in [1.807, 2.05) is 0 Å². The number of rotatable bonds is 4. The second-order valence-electron chi connectivity index (χ2n) is 4.70. The van der Waals surface area contributed by atoms with Crippen LogP contribution in [-0.2, 0) is 18.0 Å². The fourth-order valence-electron chi connectivity index (χ4n) is 2.19. The molecule has 0 saturated carbocycles. The minimum Gasteiger partial charge on any atom is -0.489 e. The standard InChI is InChI=1S/C15H12ClNO5/c16-12-5-10-7-20-9-22-15(10)11(6-12)8-21-14-3-1-13(2-4-14)17(18)19/h1-6H,7-9H2. The maximum atomic E-state index is 10.6. The van der Waals surface area contributed by atoms with E-state index < -0.39 is 4.92 Å². The van der Waals surface area contributed by atoms with Crippen molar-refractivity contribution >= 4 is 17.3 Å². The summed E-state index contributed by atoms with van der Waals surface area (Å²) in [5, 5.41) is 11.2. The molecule has 3 rings (SSSR count). The molecule has 0 atom stereocenters. The van der Waals surface area contributed by atoms with Crippen molar-refractivity contribution in [3.8, 4) is 11.5 Å². The summed E-state index contributed by atoms with van der Waals surface area (Å²) >= 11 is 6.08. The number of non-ortho nitro benzene ring substituents is 1. The van der Waals surface area contributed by atoms with Crippen LogP contribution in [0.5, 0.6) is 11.5 Å². The minimum absolute atomic E-state index is 0.0213. The molecule has 6 nitrogen and oxygen atoms in total. The number of nitro groups is 1. The van der Waals surface area contributed by atoms with Gasteiger partial charge in [0.15, 0.2) is 6.79 Å². The first-order chi connectivity index (χ1) is 10.6. The number of nitrogens with zero attached hydrogens (tertiary/aromatic N) is 1. The largest absolute Gasteiger partial charge is 0.489 e. The molecule has 22 heavy (non-hydrogen) atoms. The molecular formula is C15H12ClNO5. The zero-order valence-corrected chi connectivity index (χ0v) is 12.2. The summed E-state index contributed by atoms with van der Waals surface area (Å²) in [6.07, 6.45) is 0. The first-order valence-corrected chi connectivity index (χ1v) is 6.90. The van der Waals surface area contributed by atoms with Crippen molar-refractivity contribution in [3.63, 3.8) is 0 Å². The molecule has 2 aromatic carbocycles. The van der Waals surface area contributed by atoms with Crippen LogP contribution in [0.1, 0.15) is 11.1 Å². The van der Waals surface area contributed by atoms with Crippen molar-refractivity contribution < 1.29 is 19.1 Å². The SMILES string of the molecule is O=[N+]([O-])c1ccc(OCc2cc(Cl)cc3c2OCOC3)cc1. The highest BCUT2D eigenvalue weighted by atomic mass is 35.5. The summed E-state index contributed by atoms with van der Waals surface area (Å²) in [6.45, 7) is 0.889. The fraction of sp³-hybridized carbons (Fsp3) is 0.200. The molecule has 0 saturated heterocycles. The summed E-state index contributed by atoms with van der Waals surface area (Å²) in [4.78, 5) is 10.2. The van der Waals surface area contributed by atoms with Crippen LogP contribution in [0, 0.1) is 10.1 Å². The van der Waals surface area contributed by atoms with Gasteiger partial charge < -0.3 is 14.2 Å². The van der Waals surface area contributed by atoms with Gasteiger partial charge in [0.1, 0.15) is 18.1 Å². The Kier molecular flexibility index (Phi) is 4.13. The van der Waals surface area contributed by atoms with Gasteiger partial charge in [-0.25, -0.2) is 0 Å². The number of benzene rings is 2. The predicted molar refractivity (Wildman–Crippen MR) is 79.2 cm³/mol. The zero-order chi connectivity index (χ0) is 15.5. The summed E-state index contributed by atoms with van der Waals surface area (Å²) in [6, 6.07) is 9.47. The topological polar surface area (TPSA) is 70.8 Å². The molecule has 114 valence electrons. The molecule has 1 heterocycles. The molecule has 7 heteroatoms. The lowest BCUT2D eigenvalue weighted by Gasteiger charge is -2.21. The molecule has 0 aliphatic carbocycles. The lowest BCUT2D eigenvalue weighted by Crippen LogP contribution is -2.14. The van der Waals surface area contributed by atoms with Gasteiger partial charge in [-0.3, -0.25) is 10.1 Å². The summed E-state index contributed by atoms with van der Waals surface area (Å²) in [5.41, 5.74) is 1.71. The van der Waals surface area contributed by atoms with E-state index in [0.29, 0.717) is 17.4 Å². The monoisotopic (exact) mass is 321 g/mol. The van der Waals surface area contributed by atoms with Crippen LogP contribution in [0.25, 0.3) is 0 Å². The molecule has 2 aromatic rings. The highest BCUT2D eigenvalue weighted by Gasteiger charge is 2.17. The normalized spacial score (nSPS) is 13.1. The van der Waals surface area contributed by atoms with Gasteiger partial charge >= 0.3 is 0 Å². The van der Waals surface area contributed by atoms with Gasteiger partial charge in [0.2, 0.25) is 0 Å². The number of hydrogen-bond acceptors (Lipinski definition) is 5. The average molecular weight is 322 g/mol. The maximum Gasteiger partial charge on any atom is 0.269 e. The number of halogens is 1. The first kappa shape index (κ1) is 14.6. The van der Waals surface area contributed by atoms with Crippen LogP contribution in [-0.4, -0.2) is 11.7 Å². The second kappa shape index (κ2) is 6.21. The van der Waals surface area contributed by atoms with E-state index in [9.17, 15) is 10.1 Å². The third kappa shape index (κ3) is 3.13. The molecule has 0 N–H and O–H groups in total. The van der Waals surface area contributed by atoms with Gasteiger partial charge in [-0.1, -0.05) is 11.6 Å². The number of nitro benzene ring substituents is 1. The Balaban J connectivity index is 1.76. The van der Waals surface area contributed by atoms with Crippen molar-refractivity contribution in [3.05, 3.63) is 62.7 Å². The van der Waals surface area contributed by atoms with E-state index in [4.69, 9.17) is 25.8 Å². The van der Waals surface area contributed by atoms with E-state index in [-0.39, 0.29) is 19.1 Å². The number of ether oxygens (including phenoxy) is 3. The summed E-state index contributed by atoms with van der Waals surface area (Å²) in [7, 11) is 0. The van der Waals surface area contributed by atoms with Crippen LogP contribution < -0.4 is 9.47 Å². The first-order valence-electron chi connectivity index (χ1n) is 6.52. The maximum absolute atomic E-state index is 10.6. The molecule has 0 amide bonds. The van der Waals surface area contributed by atoms with Crippen LogP contribution in [0.4, 0.5) is 5.69 Å². The van der Waals surface area contributed by atoms with Crippen LogP contribution in [0.3, 0.4) is 0 Å². The van der Waals surface area contributed by atoms with Crippen molar-refractivity contribution in [1.82, 2.24) is 0 Å². The van der Waals surface area contributed by atoms with E-state index in [2.05, 4.69) is 0 Å². The van der Waals surface area contributed by atoms with Crippen molar-refractivity contribution in [2.75, 3.05) is 6.79 Å². The third-order valence-corrected chi connectivity index (χ3v) is 3.41. The third-order valence-electron chi connectivity index (χ3n) is 3.19. The lowest BCUT2D eigenvalue weighted by molar-refractivity contribution is -0.384. The number of fused-ring (bicyclic) bond motifs is 1. The fourth-order valence-corrected chi connectivity index (χ4v) is 2.45. The molecule has 0 spiro atoms. The highest BCUT2D eigenvalue weighted by molar-refractivity contribution is 6.30. The molecule has 1 aliphatic rings. The Morgan fingerprint density at radius 1 is 1.27 bits per heavy atom. The molecule has 0 unspecified atom stereocenters. The van der Waals surface area contributed by atoms with Gasteiger partial charge in [-0.2, -0.15) is 0 Å². The Morgan fingerprint density at radius 3 is 2.77 bits per heavy atom. The van der Waals surface area contributed by atoms with Gasteiger partial charge in [-0.05, 0) is 24.3 Å². The van der Waals surface area contributed by atoms with Crippen molar-refractivity contribution in [2.45, 2.75) is 13.2 Å². The smallest absolute Gasteiger partial charge is 0.269 e. The molecule has 0 aromatic heterocycles. The Labute approximate surface area is 131 Å². The Hall–Kier alpha value is -2.31. The van der Waals surface area contributed by atoms with E-state index in [0.717, 1.165) is 16.9 Å². The average Bonchev–Trinajstić information content (AvgIpc) is 2.52.